The topological polar surface area (TPSA) is 75.7 Å². The molecule has 1 N–H and O–H groups in total. The van der Waals surface area contributed by atoms with Crippen molar-refractivity contribution in [3.05, 3.63) is 112 Å². The Kier molecular flexibility index (Phi) is 6.75. The molecule has 0 aliphatic carbocycles. The van der Waals surface area contributed by atoms with E-state index in [-0.39, 0.29) is 5.57 Å². The van der Waals surface area contributed by atoms with Crippen LogP contribution < -0.4 is 15.0 Å². The fraction of sp³-hybridized carbons (Fsp3) is 0.100. The van der Waals surface area contributed by atoms with E-state index < -0.39 is 17.8 Å². The van der Waals surface area contributed by atoms with Crippen molar-refractivity contribution in [2.24, 2.45) is 0 Å². The van der Waals surface area contributed by atoms with Gasteiger partial charge in [-0.15, -0.1) is 0 Å². The van der Waals surface area contributed by atoms with Gasteiger partial charge < -0.3 is 4.74 Å². The predicted molar refractivity (Wildman–Crippen MR) is 145 cm³/mol. The van der Waals surface area contributed by atoms with Crippen LogP contribution in [-0.4, -0.2) is 17.8 Å². The Labute approximate surface area is 219 Å². The molecular formula is C30H23ClN2O4. The molecule has 184 valence electrons. The number of carbonyl (C=O) groups is 3. The number of hydrogen-bond donors (Lipinski definition) is 1. The molecule has 1 fully saturated rings. The molecule has 1 aliphatic heterocycles. The molecule has 7 heteroatoms. The highest BCUT2D eigenvalue weighted by Crippen LogP contribution is 2.29. The molecule has 4 amide bonds. The lowest BCUT2D eigenvalue weighted by atomic mass is 10.1. The van der Waals surface area contributed by atoms with Crippen LogP contribution in [0.25, 0.3) is 16.8 Å². The van der Waals surface area contributed by atoms with Gasteiger partial charge in [-0.2, -0.15) is 0 Å². The minimum atomic E-state index is -0.786. The van der Waals surface area contributed by atoms with Crippen LogP contribution in [0.5, 0.6) is 5.75 Å². The Morgan fingerprint density at radius 1 is 0.919 bits per heavy atom. The number of halogens is 1. The third-order valence-corrected chi connectivity index (χ3v) is 6.53. The quantitative estimate of drug-likeness (QED) is 0.244. The van der Waals surface area contributed by atoms with Crippen LogP contribution in [0.4, 0.5) is 10.5 Å². The molecule has 1 saturated heterocycles. The molecular weight excluding hydrogens is 488 g/mol. The average Bonchev–Trinajstić information content (AvgIpc) is 2.91. The summed E-state index contributed by atoms with van der Waals surface area (Å²) in [5, 5.41) is 4.80. The number of nitrogens with zero attached hydrogens (tertiary/aromatic N) is 1. The molecule has 0 saturated carbocycles. The Hall–Kier alpha value is -4.42. The summed E-state index contributed by atoms with van der Waals surface area (Å²) in [4.78, 5) is 39.1. The fourth-order valence-corrected chi connectivity index (χ4v) is 4.48. The van der Waals surface area contributed by atoms with Gasteiger partial charge in [0.05, 0.1) is 10.7 Å². The van der Waals surface area contributed by atoms with Crippen molar-refractivity contribution in [3.63, 3.8) is 0 Å². The van der Waals surface area contributed by atoms with Crippen molar-refractivity contribution < 1.29 is 19.1 Å². The molecule has 1 aliphatic rings. The molecule has 1 heterocycles. The molecule has 0 aromatic heterocycles. The van der Waals surface area contributed by atoms with E-state index >= 15 is 0 Å². The number of rotatable bonds is 6. The van der Waals surface area contributed by atoms with Gasteiger partial charge in [0, 0.05) is 0 Å². The Bertz CT molecular complexity index is 1550. The number of benzene rings is 4. The highest BCUT2D eigenvalue weighted by molar-refractivity contribution is 6.39. The molecule has 5 rings (SSSR count). The summed E-state index contributed by atoms with van der Waals surface area (Å²) in [6.45, 7) is 2.34. The van der Waals surface area contributed by atoms with Gasteiger partial charge >= 0.3 is 6.03 Å². The van der Waals surface area contributed by atoms with Gasteiger partial charge in [0.15, 0.2) is 0 Å². The second-order valence-electron chi connectivity index (χ2n) is 8.59. The van der Waals surface area contributed by atoms with Crippen molar-refractivity contribution in [2.45, 2.75) is 20.0 Å². The van der Waals surface area contributed by atoms with Crippen molar-refractivity contribution in [2.75, 3.05) is 4.90 Å². The van der Waals surface area contributed by atoms with Crippen molar-refractivity contribution in [1.82, 2.24) is 5.32 Å². The van der Waals surface area contributed by atoms with Crippen LogP contribution in [-0.2, 0) is 22.6 Å². The molecule has 4 aromatic carbocycles. The van der Waals surface area contributed by atoms with Gasteiger partial charge in [-0.3, -0.25) is 14.9 Å². The number of urea groups is 1. The third-order valence-electron chi connectivity index (χ3n) is 6.23. The number of fused-ring (bicyclic) bond motifs is 1. The van der Waals surface area contributed by atoms with Gasteiger partial charge in [-0.05, 0) is 64.2 Å². The molecule has 0 radical (unpaired) electrons. The van der Waals surface area contributed by atoms with Crippen molar-refractivity contribution in [3.8, 4) is 5.75 Å². The van der Waals surface area contributed by atoms with E-state index in [0.717, 1.165) is 33.2 Å². The first-order valence-corrected chi connectivity index (χ1v) is 12.2. The zero-order valence-corrected chi connectivity index (χ0v) is 20.8. The summed E-state index contributed by atoms with van der Waals surface area (Å²) in [7, 11) is 0. The Morgan fingerprint density at radius 3 is 2.43 bits per heavy atom. The van der Waals surface area contributed by atoms with Gasteiger partial charge in [-0.1, -0.05) is 79.2 Å². The van der Waals surface area contributed by atoms with Crippen LogP contribution >= 0.6 is 11.6 Å². The summed E-state index contributed by atoms with van der Waals surface area (Å²) in [5.41, 5.74) is 2.84. The van der Waals surface area contributed by atoms with E-state index in [4.69, 9.17) is 16.3 Å². The number of nitrogens with one attached hydrogen (secondary N) is 1. The lowest BCUT2D eigenvalue weighted by Gasteiger charge is -2.26. The smallest absolute Gasteiger partial charge is 0.335 e. The number of barbiturate groups is 1. The van der Waals surface area contributed by atoms with Crippen molar-refractivity contribution in [1.29, 1.82) is 0 Å². The standard InChI is InChI=1S/C30H23ClN2O4/c1-2-19-10-13-23(14-11-19)33-29(35)25(28(34)32-30(33)36)16-20-12-15-27(26(31)17-20)37-18-22-8-5-7-21-6-3-4-9-24(21)22/h3-17H,2,18H2,1H3,(H,32,34,36)/b25-16+. The predicted octanol–water partition coefficient (Wildman–Crippen LogP) is 6.30. The zero-order chi connectivity index (χ0) is 25.9. The summed E-state index contributed by atoms with van der Waals surface area (Å²) in [6.07, 6.45) is 2.24. The van der Waals surface area contributed by atoms with Crippen LogP contribution in [0.1, 0.15) is 23.6 Å². The molecule has 0 atom stereocenters. The number of aryl methyl sites for hydroxylation is 1. The number of carbonyl (C=O) groups excluding carboxylic acids is 3. The maximum absolute atomic E-state index is 13.1. The van der Waals surface area contributed by atoms with Crippen LogP contribution in [0, 0.1) is 0 Å². The van der Waals surface area contributed by atoms with Gasteiger partial charge in [-0.25, -0.2) is 9.69 Å². The number of amides is 4. The molecule has 0 bridgehead atoms. The van der Waals surface area contributed by atoms with Gasteiger partial charge in [0.25, 0.3) is 11.8 Å². The van der Waals surface area contributed by atoms with Crippen molar-refractivity contribution >= 4 is 52.0 Å². The number of anilines is 1. The van der Waals surface area contributed by atoms with E-state index in [0.29, 0.717) is 28.6 Å². The lowest BCUT2D eigenvalue weighted by Crippen LogP contribution is -2.54. The second-order valence-corrected chi connectivity index (χ2v) is 9.00. The van der Waals surface area contributed by atoms with Crippen LogP contribution in [0.15, 0.2) is 90.5 Å². The zero-order valence-electron chi connectivity index (χ0n) is 20.0. The average molecular weight is 511 g/mol. The SMILES string of the molecule is CCc1ccc(N2C(=O)NC(=O)/C(=C\c3ccc(OCc4cccc5ccccc45)c(Cl)c3)C2=O)cc1. The molecule has 37 heavy (non-hydrogen) atoms. The molecule has 6 nitrogen and oxygen atoms in total. The van der Waals surface area contributed by atoms with Crippen LogP contribution in [0.2, 0.25) is 5.02 Å². The van der Waals surface area contributed by atoms with E-state index in [1.54, 1.807) is 30.3 Å². The maximum atomic E-state index is 13.1. The highest BCUT2D eigenvalue weighted by Gasteiger charge is 2.36. The van der Waals surface area contributed by atoms with Gasteiger partial charge in [0.2, 0.25) is 0 Å². The Morgan fingerprint density at radius 2 is 1.68 bits per heavy atom. The minimum absolute atomic E-state index is 0.167. The normalized spacial score (nSPS) is 14.8. The molecule has 4 aromatic rings. The van der Waals surface area contributed by atoms with Crippen LogP contribution in [0.3, 0.4) is 0 Å². The number of hydrogen-bond acceptors (Lipinski definition) is 4. The first-order chi connectivity index (χ1) is 17.9. The first kappa shape index (κ1) is 24.3. The first-order valence-electron chi connectivity index (χ1n) is 11.8. The summed E-state index contributed by atoms with van der Waals surface area (Å²) < 4.78 is 5.97. The monoisotopic (exact) mass is 510 g/mol. The lowest BCUT2D eigenvalue weighted by molar-refractivity contribution is -0.122. The Balaban J connectivity index is 1.37. The van der Waals surface area contributed by atoms with E-state index in [1.807, 2.05) is 61.5 Å². The largest absolute Gasteiger partial charge is 0.487 e. The molecule has 0 unspecified atom stereocenters. The summed E-state index contributed by atoms with van der Waals surface area (Å²) >= 11 is 6.48. The minimum Gasteiger partial charge on any atom is -0.487 e. The van der Waals surface area contributed by atoms with E-state index in [1.165, 1.54) is 6.08 Å². The molecule has 0 spiro atoms. The van der Waals surface area contributed by atoms with E-state index in [9.17, 15) is 14.4 Å². The number of imide groups is 2. The fourth-order valence-electron chi connectivity index (χ4n) is 4.24. The highest BCUT2D eigenvalue weighted by atomic mass is 35.5. The second kappa shape index (κ2) is 10.3. The summed E-state index contributed by atoms with van der Waals surface area (Å²) in [6, 6.07) is 25.4. The van der Waals surface area contributed by atoms with Gasteiger partial charge in [0.1, 0.15) is 17.9 Å². The van der Waals surface area contributed by atoms with E-state index in [2.05, 4.69) is 5.32 Å². The summed E-state index contributed by atoms with van der Waals surface area (Å²) in [5.74, 6) is -0.988. The maximum Gasteiger partial charge on any atom is 0.335 e. The third kappa shape index (κ3) is 4.97. The number of ether oxygens (including phenoxy) is 1.